The Morgan fingerprint density at radius 3 is 2.74 bits per heavy atom. The smallest absolute Gasteiger partial charge is 0.133 e. The van der Waals surface area contributed by atoms with E-state index in [1.165, 1.54) is 18.4 Å². The van der Waals surface area contributed by atoms with Crippen LogP contribution in [-0.2, 0) is 4.79 Å². The third kappa shape index (κ3) is 3.80. The van der Waals surface area contributed by atoms with E-state index >= 15 is 0 Å². The second kappa shape index (κ2) is 6.71. The summed E-state index contributed by atoms with van der Waals surface area (Å²) in [7, 11) is 0. The number of carbonyl (C=O) groups is 1. The number of rotatable bonds is 5. The molecule has 19 heavy (non-hydrogen) atoms. The summed E-state index contributed by atoms with van der Waals surface area (Å²) in [5, 5.41) is 9.37. The number of nitrogens with zero attached hydrogens (tertiary/aromatic N) is 1. The highest BCUT2D eigenvalue weighted by molar-refractivity contribution is 5.78. The number of piperidine rings is 1. The van der Waals surface area contributed by atoms with Crippen LogP contribution in [0.25, 0.3) is 0 Å². The first-order chi connectivity index (χ1) is 9.20. The van der Waals surface area contributed by atoms with Gasteiger partial charge in [0.25, 0.3) is 0 Å². The molecule has 1 unspecified atom stereocenters. The van der Waals surface area contributed by atoms with Crippen LogP contribution in [0, 0.1) is 0 Å². The SMILES string of the molecule is CCC(=O)CCN1CCCCC1c1ccc(O)cc1. The van der Waals surface area contributed by atoms with Crippen molar-refractivity contribution in [3.05, 3.63) is 29.8 Å². The van der Waals surface area contributed by atoms with Crippen molar-refractivity contribution in [3.63, 3.8) is 0 Å². The zero-order chi connectivity index (χ0) is 13.7. The molecular formula is C16H23NO2. The Labute approximate surface area is 115 Å². The minimum Gasteiger partial charge on any atom is -0.508 e. The van der Waals surface area contributed by atoms with Crippen molar-refractivity contribution in [2.75, 3.05) is 13.1 Å². The summed E-state index contributed by atoms with van der Waals surface area (Å²) in [6, 6.07) is 7.90. The van der Waals surface area contributed by atoms with E-state index in [9.17, 15) is 9.90 Å². The lowest BCUT2D eigenvalue weighted by molar-refractivity contribution is -0.119. The largest absolute Gasteiger partial charge is 0.508 e. The number of hydrogen-bond acceptors (Lipinski definition) is 3. The molecule has 1 N–H and O–H groups in total. The van der Waals surface area contributed by atoms with Gasteiger partial charge < -0.3 is 5.11 Å². The zero-order valence-electron chi connectivity index (χ0n) is 11.6. The van der Waals surface area contributed by atoms with Crippen LogP contribution in [0.3, 0.4) is 0 Å². The molecule has 0 saturated carbocycles. The molecule has 1 aliphatic rings. The van der Waals surface area contributed by atoms with E-state index in [0.717, 1.165) is 19.5 Å². The summed E-state index contributed by atoms with van der Waals surface area (Å²) in [6.45, 7) is 3.86. The third-order valence-electron chi connectivity index (χ3n) is 3.96. The molecule has 1 aliphatic heterocycles. The third-order valence-corrected chi connectivity index (χ3v) is 3.96. The topological polar surface area (TPSA) is 40.5 Å². The van der Waals surface area contributed by atoms with Crippen LogP contribution in [0.15, 0.2) is 24.3 Å². The fourth-order valence-electron chi connectivity index (χ4n) is 2.78. The van der Waals surface area contributed by atoms with E-state index in [0.29, 0.717) is 30.4 Å². The molecule has 0 spiro atoms. The van der Waals surface area contributed by atoms with Crippen molar-refractivity contribution in [1.82, 2.24) is 4.90 Å². The Morgan fingerprint density at radius 1 is 1.32 bits per heavy atom. The van der Waals surface area contributed by atoms with Gasteiger partial charge in [0, 0.05) is 25.4 Å². The Kier molecular flexibility index (Phi) is 4.97. The van der Waals surface area contributed by atoms with Crippen LogP contribution >= 0.6 is 0 Å². The molecule has 0 aliphatic carbocycles. The van der Waals surface area contributed by atoms with Crippen molar-refractivity contribution in [3.8, 4) is 5.75 Å². The van der Waals surface area contributed by atoms with Gasteiger partial charge in [-0.05, 0) is 37.1 Å². The molecule has 3 heteroatoms. The van der Waals surface area contributed by atoms with Crippen LogP contribution < -0.4 is 0 Å². The van der Waals surface area contributed by atoms with Gasteiger partial charge in [0.15, 0.2) is 0 Å². The Morgan fingerprint density at radius 2 is 2.05 bits per heavy atom. The molecule has 0 bridgehead atoms. The van der Waals surface area contributed by atoms with E-state index < -0.39 is 0 Å². The number of hydrogen-bond donors (Lipinski definition) is 1. The number of phenols is 1. The van der Waals surface area contributed by atoms with Crippen LogP contribution in [-0.4, -0.2) is 28.9 Å². The predicted octanol–water partition coefficient (Wildman–Crippen LogP) is 3.29. The van der Waals surface area contributed by atoms with Gasteiger partial charge in [-0.15, -0.1) is 0 Å². The molecule has 0 aromatic heterocycles. The van der Waals surface area contributed by atoms with Crippen molar-refractivity contribution in [2.24, 2.45) is 0 Å². The van der Waals surface area contributed by atoms with Crippen LogP contribution in [0.2, 0.25) is 0 Å². The van der Waals surface area contributed by atoms with Gasteiger partial charge >= 0.3 is 0 Å². The van der Waals surface area contributed by atoms with E-state index in [-0.39, 0.29) is 0 Å². The molecule has 1 saturated heterocycles. The molecule has 1 fully saturated rings. The number of benzene rings is 1. The van der Waals surface area contributed by atoms with Gasteiger partial charge in [-0.2, -0.15) is 0 Å². The van der Waals surface area contributed by atoms with Crippen molar-refractivity contribution < 1.29 is 9.90 Å². The minimum atomic E-state index is 0.312. The van der Waals surface area contributed by atoms with Crippen molar-refractivity contribution in [1.29, 1.82) is 0 Å². The first kappa shape index (κ1) is 14.1. The van der Waals surface area contributed by atoms with Crippen molar-refractivity contribution in [2.45, 2.75) is 45.1 Å². The van der Waals surface area contributed by atoms with Gasteiger partial charge in [-0.25, -0.2) is 0 Å². The lowest BCUT2D eigenvalue weighted by atomic mass is 9.95. The lowest BCUT2D eigenvalue weighted by Crippen LogP contribution is -2.35. The highest BCUT2D eigenvalue weighted by Gasteiger charge is 2.23. The molecule has 1 heterocycles. The molecule has 2 rings (SSSR count). The van der Waals surface area contributed by atoms with Gasteiger partial charge in [-0.3, -0.25) is 9.69 Å². The molecule has 104 valence electrons. The van der Waals surface area contributed by atoms with Gasteiger partial charge in [0.2, 0.25) is 0 Å². The lowest BCUT2D eigenvalue weighted by Gasteiger charge is -2.36. The van der Waals surface area contributed by atoms with E-state index in [1.54, 1.807) is 12.1 Å². The maximum Gasteiger partial charge on any atom is 0.133 e. The number of likely N-dealkylation sites (tertiary alicyclic amines) is 1. The first-order valence-electron chi connectivity index (χ1n) is 7.25. The standard InChI is InChI=1S/C16H23NO2/c1-2-14(18)10-12-17-11-4-3-5-16(17)13-6-8-15(19)9-7-13/h6-9,16,19H,2-5,10-12H2,1H3. The second-order valence-corrected chi connectivity index (χ2v) is 5.28. The number of phenolic OH excluding ortho intramolecular Hbond substituents is 1. The van der Waals surface area contributed by atoms with Crippen LogP contribution in [0.1, 0.15) is 50.6 Å². The number of aromatic hydroxyl groups is 1. The summed E-state index contributed by atoms with van der Waals surface area (Å²) in [4.78, 5) is 13.9. The monoisotopic (exact) mass is 261 g/mol. The highest BCUT2D eigenvalue weighted by Crippen LogP contribution is 2.31. The molecule has 1 aromatic carbocycles. The normalized spacial score (nSPS) is 20.4. The Hall–Kier alpha value is -1.35. The van der Waals surface area contributed by atoms with Crippen molar-refractivity contribution >= 4 is 5.78 Å². The van der Waals surface area contributed by atoms with Gasteiger partial charge in [0.1, 0.15) is 11.5 Å². The summed E-state index contributed by atoms with van der Waals surface area (Å²) in [5.41, 5.74) is 1.25. The Bertz CT molecular complexity index is 413. The summed E-state index contributed by atoms with van der Waals surface area (Å²) < 4.78 is 0. The first-order valence-corrected chi connectivity index (χ1v) is 7.25. The summed E-state index contributed by atoms with van der Waals surface area (Å²) >= 11 is 0. The maximum atomic E-state index is 11.5. The second-order valence-electron chi connectivity index (χ2n) is 5.28. The molecule has 3 nitrogen and oxygen atoms in total. The summed E-state index contributed by atoms with van der Waals surface area (Å²) in [6.07, 6.45) is 4.90. The Balaban J connectivity index is 2.03. The molecule has 1 aromatic rings. The fraction of sp³-hybridized carbons (Fsp3) is 0.562. The number of Topliss-reactive ketones (excluding diaryl/α,β-unsaturated/α-hetero) is 1. The van der Waals surface area contributed by atoms with E-state index in [1.807, 2.05) is 19.1 Å². The zero-order valence-corrected chi connectivity index (χ0v) is 11.6. The van der Waals surface area contributed by atoms with Gasteiger partial charge in [-0.1, -0.05) is 25.5 Å². The molecule has 0 radical (unpaired) electrons. The average molecular weight is 261 g/mol. The fourth-order valence-corrected chi connectivity index (χ4v) is 2.78. The highest BCUT2D eigenvalue weighted by atomic mass is 16.3. The number of carbonyl (C=O) groups excluding carboxylic acids is 1. The van der Waals surface area contributed by atoms with Crippen LogP contribution in [0.5, 0.6) is 5.75 Å². The molecular weight excluding hydrogens is 238 g/mol. The molecule has 1 atom stereocenters. The summed E-state index contributed by atoms with van der Waals surface area (Å²) in [5.74, 6) is 0.655. The van der Waals surface area contributed by atoms with E-state index in [2.05, 4.69) is 4.90 Å². The minimum absolute atomic E-state index is 0.312. The quantitative estimate of drug-likeness (QED) is 0.884. The molecule has 0 amide bonds. The number of ketones is 1. The van der Waals surface area contributed by atoms with Crippen LogP contribution in [0.4, 0.5) is 0 Å². The predicted molar refractivity (Wildman–Crippen MR) is 76.2 cm³/mol. The van der Waals surface area contributed by atoms with Gasteiger partial charge in [0.05, 0.1) is 0 Å². The average Bonchev–Trinajstić information content (AvgIpc) is 2.46. The van der Waals surface area contributed by atoms with E-state index in [4.69, 9.17) is 0 Å². The maximum absolute atomic E-state index is 11.5.